The van der Waals surface area contributed by atoms with E-state index in [0.717, 1.165) is 13.0 Å². The third kappa shape index (κ3) is 1.37. The van der Waals surface area contributed by atoms with E-state index >= 15 is 0 Å². The second-order valence-corrected chi connectivity index (χ2v) is 4.35. The molecule has 2 fully saturated rings. The summed E-state index contributed by atoms with van der Waals surface area (Å²) in [5.74, 6) is 1.06. The summed E-state index contributed by atoms with van der Waals surface area (Å²) in [4.78, 5) is 1.88. The number of likely N-dealkylation sites (tertiary alicyclic amines) is 1. The highest BCUT2D eigenvalue weighted by atomic mass is 19.1. The van der Waals surface area contributed by atoms with Gasteiger partial charge in [0, 0.05) is 12.5 Å². The molecule has 1 nitrogen and oxygen atoms in total. The van der Waals surface area contributed by atoms with Gasteiger partial charge in [-0.05, 0) is 32.2 Å². The van der Waals surface area contributed by atoms with E-state index in [1.807, 2.05) is 11.9 Å². The second kappa shape index (κ2) is 3.33. The second-order valence-electron chi connectivity index (χ2n) is 4.35. The van der Waals surface area contributed by atoms with E-state index in [1.54, 1.807) is 0 Å². The van der Waals surface area contributed by atoms with Gasteiger partial charge in [0.05, 0.1) is 0 Å². The molecule has 1 aliphatic heterocycles. The van der Waals surface area contributed by atoms with Crippen LogP contribution in [0.3, 0.4) is 0 Å². The average Bonchev–Trinajstić information content (AvgIpc) is 2.12. The Morgan fingerprint density at radius 2 is 1.92 bits per heavy atom. The van der Waals surface area contributed by atoms with E-state index in [-0.39, 0.29) is 0 Å². The highest BCUT2D eigenvalue weighted by molar-refractivity contribution is 4.85. The van der Waals surface area contributed by atoms with Crippen LogP contribution in [0.5, 0.6) is 0 Å². The van der Waals surface area contributed by atoms with Crippen molar-refractivity contribution in [3.63, 3.8) is 0 Å². The molecule has 2 rings (SSSR count). The standard InChI is InChI=1S/C10H18FN/c1-12-7-6-8-4-2-3-5-9(8)10(12)11/h8-10H,2-7H2,1H3. The van der Waals surface area contributed by atoms with Gasteiger partial charge in [0.15, 0.2) is 6.30 Å². The molecule has 1 heterocycles. The Hall–Kier alpha value is -0.110. The maximum atomic E-state index is 13.6. The van der Waals surface area contributed by atoms with E-state index in [2.05, 4.69) is 0 Å². The molecule has 1 saturated carbocycles. The third-order valence-corrected chi connectivity index (χ3v) is 3.59. The minimum atomic E-state index is -0.649. The Morgan fingerprint density at radius 1 is 1.17 bits per heavy atom. The van der Waals surface area contributed by atoms with Gasteiger partial charge in [-0.1, -0.05) is 12.8 Å². The number of alkyl halides is 1. The minimum absolute atomic E-state index is 0.359. The fourth-order valence-corrected chi connectivity index (χ4v) is 2.78. The van der Waals surface area contributed by atoms with Crippen LogP contribution in [-0.4, -0.2) is 24.8 Å². The van der Waals surface area contributed by atoms with Gasteiger partial charge in [-0.15, -0.1) is 0 Å². The number of hydrogen-bond acceptors (Lipinski definition) is 1. The van der Waals surface area contributed by atoms with Gasteiger partial charge in [-0.2, -0.15) is 0 Å². The van der Waals surface area contributed by atoms with Crippen molar-refractivity contribution < 1.29 is 4.39 Å². The fraction of sp³-hybridized carbons (Fsp3) is 1.00. The van der Waals surface area contributed by atoms with E-state index < -0.39 is 6.30 Å². The van der Waals surface area contributed by atoms with E-state index in [9.17, 15) is 4.39 Å². The zero-order valence-corrected chi connectivity index (χ0v) is 7.80. The molecule has 0 aromatic heterocycles. The molecule has 12 heavy (non-hydrogen) atoms. The zero-order valence-electron chi connectivity index (χ0n) is 7.80. The summed E-state index contributed by atoms with van der Waals surface area (Å²) < 4.78 is 13.6. The van der Waals surface area contributed by atoms with Crippen LogP contribution in [0.4, 0.5) is 4.39 Å². The number of hydrogen-bond donors (Lipinski definition) is 0. The van der Waals surface area contributed by atoms with Crippen LogP contribution in [0.25, 0.3) is 0 Å². The van der Waals surface area contributed by atoms with E-state index in [0.29, 0.717) is 11.8 Å². The van der Waals surface area contributed by atoms with Crippen molar-refractivity contribution in [2.75, 3.05) is 13.6 Å². The van der Waals surface area contributed by atoms with Crippen LogP contribution >= 0.6 is 0 Å². The molecule has 0 aromatic rings. The molecule has 0 aromatic carbocycles. The highest BCUT2D eigenvalue weighted by Gasteiger charge is 2.37. The van der Waals surface area contributed by atoms with E-state index in [4.69, 9.17) is 0 Å². The average molecular weight is 171 g/mol. The lowest BCUT2D eigenvalue weighted by atomic mass is 9.74. The SMILES string of the molecule is CN1CCC2CCCCC2C1F. The van der Waals surface area contributed by atoms with Gasteiger partial charge in [-0.3, -0.25) is 4.90 Å². The summed E-state index contributed by atoms with van der Waals surface area (Å²) in [6.07, 6.45) is 5.55. The molecule has 3 unspecified atom stereocenters. The van der Waals surface area contributed by atoms with Crippen molar-refractivity contribution in [1.29, 1.82) is 0 Å². The monoisotopic (exact) mass is 171 g/mol. The molecule has 0 N–H and O–H groups in total. The molecule has 1 aliphatic carbocycles. The van der Waals surface area contributed by atoms with Crippen molar-refractivity contribution in [2.45, 2.75) is 38.4 Å². The molecule has 0 amide bonds. The maximum Gasteiger partial charge on any atom is 0.156 e. The largest absolute Gasteiger partial charge is 0.277 e. The van der Waals surface area contributed by atoms with Crippen LogP contribution < -0.4 is 0 Å². The quantitative estimate of drug-likeness (QED) is 0.506. The summed E-state index contributed by atoms with van der Waals surface area (Å²) in [5.41, 5.74) is 0. The number of fused-ring (bicyclic) bond motifs is 1. The normalized spacial score (nSPS) is 44.0. The number of nitrogens with zero attached hydrogens (tertiary/aromatic N) is 1. The Bertz CT molecular complexity index is 158. The molecule has 1 saturated heterocycles. The lowest BCUT2D eigenvalue weighted by Crippen LogP contribution is -2.45. The Balaban J connectivity index is 2.03. The summed E-state index contributed by atoms with van der Waals surface area (Å²) in [6.45, 7) is 0.961. The lowest BCUT2D eigenvalue weighted by molar-refractivity contribution is -0.0350. The smallest absolute Gasteiger partial charge is 0.156 e. The number of rotatable bonds is 0. The summed E-state index contributed by atoms with van der Waals surface area (Å²) in [6, 6.07) is 0. The van der Waals surface area contributed by atoms with Crippen LogP contribution in [0, 0.1) is 11.8 Å². The van der Waals surface area contributed by atoms with Crippen molar-refractivity contribution in [3.05, 3.63) is 0 Å². The van der Waals surface area contributed by atoms with Crippen LogP contribution in [0.15, 0.2) is 0 Å². The summed E-state index contributed by atoms with van der Waals surface area (Å²) in [7, 11) is 1.91. The third-order valence-electron chi connectivity index (χ3n) is 3.59. The molecule has 2 aliphatic rings. The van der Waals surface area contributed by atoms with Gasteiger partial charge in [0.2, 0.25) is 0 Å². The molecule has 70 valence electrons. The first-order chi connectivity index (χ1) is 5.79. The first-order valence-electron chi connectivity index (χ1n) is 5.13. The zero-order chi connectivity index (χ0) is 8.55. The topological polar surface area (TPSA) is 3.24 Å². The maximum absolute atomic E-state index is 13.6. The van der Waals surface area contributed by atoms with Crippen LogP contribution in [0.2, 0.25) is 0 Å². The predicted octanol–water partition coefficient (Wildman–Crippen LogP) is 2.42. The van der Waals surface area contributed by atoms with Crippen molar-refractivity contribution in [1.82, 2.24) is 4.90 Å². The molecule has 0 spiro atoms. The minimum Gasteiger partial charge on any atom is -0.277 e. The first kappa shape index (κ1) is 8.49. The van der Waals surface area contributed by atoms with Crippen molar-refractivity contribution in [2.24, 2.45) is 11.8 Å². The number of halogens is 1. The van der Waals surface area contributed by atoms with Gasteiger partial charge in [0.1, 0.15) is 0 Å². The van der Waals surface area contributed by atoms with E-state index in [1.165, 1.54) is 25.7 Å². The molecule has 3 atom stereocenters. The summed E-state index contributed by atoms with van der Waals surface area (Å²) in [5, 5.41) is 0. The van der Waals surface area contributed by atoms with Crippen LogP contribution in [0.1, 0.15) is 32.1 Å². The Morgan fingerprint density at radius 3 is 2.75 bits per heavy atom. The molecular formula is C10H18FN. The Kier molecular flexibility index (Phi) is 2.35. The van der Waals surface area contributed by atoms with Crippen molar-refractivity contribution >= 4 is 0 Å². The van der Waals surface area contributed by atoms with Gasteiger partial charge >= 0.3 is 0 Å². The Labute approximate surface area is 73.9 Å². The molecular weight excluding hydrogens is 153 g/mol. The van der Waals surface area contributed by atoms with Gasteiger partial charge in [-0.25, -0.2) is 4.39 Å². The molecule has 2 heteroatoms. The summed E-state index contributed by atoms with van der Waals surface area (Å²) >= 11 is 0. The molecule has 0 radical (unpaired) electrons. The highest BCUT2D eigenvalue weighted by Crippen LogP contribution is 2.39. The van der Waals surface area contributed by atoms with Crippen molar-refractivity contribution in [3.8, 4) is 0 Å². The predicted molar refractivity (Wildman–Crippen MR) is 47.6 cm³/mol. The molecule has 0 bridgehead atoms. The van der Waals surface area contributed by atoms with Crippen LogP contribution in [-0.2, 0) is 0 Å². The first-order valence-corrected chi connectivity index (χ1v) is 5.13. The lowest BCUT2D eigenvalue weighted by Gasteiger charge is -2.42. The number of piperidine rings is 1. The van der Waals surface area contributed by atoms with Gasteiger partial charge in [0.25, 0.3) is 0 Å². The fourth-order valence-electron chi connectivity index (χ4n) is 2.78. The van der Waals surface area contributed by atoms with Gasteiger partial charge < -0.3 is 0 Å².